The Balaban J connectivity index is 1.38. The molecular formula is C21H29NO. The third-order valence-corrected chi connectivity index (χ3v) is 6.73. The van der Waals surface area contributed by atoms with Gasteiger partial charge in [0.1, 0.15) is 0 Å². The topological polar surface area (TPSA) is 20.3 Å². The van der Waals surface area contributed by atoms with Crippen LogP contribution in [0, 0.1) is 30.6 Å². The Morgan fingerprint density at radius 1 is 1.09 bits per heavy atom. The maximum absolute atomic E-state index is 12.8. The average Bonchev–Trinajstić information content (AvgIpc) is 2.51. The predicted octanol–water partition coefficient (Wildman–Crippen LogP) is 4.21. The van der Waals surface area contributed by atoms with Gasteiger partial charge in [-0.2, -0.15) is 0 Å². The number of hydrogen-bond donors (Lipinski definition) is 0. The molecule has 0 heterocycles. The molecule has 0 saturated heterocycles. The lowest BCUT2D eigenvalue weighted by molar-refractivity contribution is -0.141. The van der Waals surface area contributed by atoms with Crippen LogP contribution in [0.25, 0.3) is 0 Å². The number of aryl methyl sites for hydroxylation is 2. The van der Waals surface area contributed by atoms with E-state index in [4.69, 9.17) is 0 Å². The number of hydrogen-bond acceptors (Lipinski definition) is 1. The molecule has 4 saturated carbocycles. The van der Waals surface area contributed by atoms with Crippen molar-refractivity contribution in [3.05, 3.63) is 35.4 Å². The second kappa shape index (κ2) is 5.96. The Morgan fingerprint density at radius 3 is 2.35 bits per heavy atom. The smallest absolute Gasteiger partial charge is 0.222 e. The van der Waals surface area contributed by atoms with Gasteiger partial charge in [0.2, 0.25) is 5.91 Å². The Kier molecular flexibility index (Phi) is 3.95. The lowest BCUT2D eigenvalue weighted by atomic mass is 9.54. The molecule has 4 aliphatic carbocycles. The van der Waals surface area contributed by atoms with Crippen LogP contribution in [0.4, 0.5) is 0 Å². The van der Waals surface area contributed by atoms with Crippen LogP contribution in [0.3, 0.4) is 0 Å². The Hall–Kier alpha value is -1.31. The van der Waals surface area contributed by atoms with E-state index in [2.05, 4.69) is 43.1 Å². The van der Waals surface area contributed by atoms with Crippen molar-refractivity contribution in [3.8, 4) is 0 Å². The first-order valence-corrected chi connectivity index (χ1v) is 9.41. The van der Waals surface area contributed by atoms with Gasteiger partial charge in [-0.05, 0) is 74.7 Å². The molecule has 2 nitrogen and oxygen atoms in total. The summed E-state index contributed by atoms with van der Waals surface area (Å²) in [7, 11) is 2.07. The van der Waals surface area contributed by atoms with Gasteiger partial charge in [-0.3, -0.25) is 4.79 Å². The molecular weight excluding hydrogens is 282 g/mol. The van der Waals surface area contributed by atoms with E-state index in [1.807, 2.05) is 0 Å². The summed E-state index contributed by atoms with van der Waals surface area (Å²) in [4.78, 5) is 14.9. The molecule has 5 rings (SSSR count). The molecule has 4 fully saturated rings. The van der Waals surface area contributed by atoms with Gasteiger partial charge < -0.3 is 4.90 Å². The van der Waals surface area contributed by atoms with Gasteiger partial charge in [-0.25, -0.2) is 0 Å². The maximum Gasteiger partial charge on any atom is 0.222 e. The average molecular weight is 311 g/mol. The Bertz CT molecular complexity index is 565. The number of carbonyl (C=O) groups excluding carboxylic acids is 1. The van der Waals surface area contributed by atoms with Crippen molar-refractivity contribution in [2.24, 2.45) is 23.7 Å². The van der Waals surface area contributed by atoms with Crippen molar-refractivity contribution < 1.29 is 4.79 Å². The Morgan fingerprint density at radius 2 is 1.74 bits per heavy atom. The number of benzene rings is 1. The van der Waals surface area contributed by atoms with E-state index in [9.17, 15) is 4.79 Å². The highest BCUT2D eigenvalue weighted by molar-refractivity contribution is 5.76. The van der Waals surface area contributed by atoms with Crippen LogP contribution >= 0.6 is 0 Å². The first-order valence-electron chi connectivity index (χ1n) is 9.41. The zero-order valence-corrected chi connectivity index (χ0v) is 14.5. The van der Waals surface area contributed by atoms with Crippen LogP contribution in [-0.2, 0) is 11.2 Å². The van der Waals surface area contributed by atoms with Crippen molar-refractivity contribution in [1.29, 1.82) is 0 Å². The van der Waals surface area contributed by atoms with Crippen LogP contribution in [-0.4, -0.2) is 23.9 Å². The number of nitrogens with zero attached hydrogens (tertiary/aromatic N) is 1. The van der Waals surface area contributed by atoms with E-state index in [0.717, 1.165) is 30.1 Å². The standard InChI is InChI=1S/C21H29NO/c1-14-4-3-5-15(8-14)6-7-20(23)22(2)21-18-10-16-9-17(12-18)13-19(21)11-16/h3-5,8,16-19,21H,6-7,9-13H2,1-2H3. The summed E-state index contributed by atoms with van der Waals surface area (Å²) in [6.45, 7) is 2.12. The van der Waals surface area contributed by atoms with Crippen LogP contribution in [0.5, 0.6) is 0 Å². The van der Waals surface area contributed by atoms with Crippen molar-refractivity contribution in [3.63, 3.8) is 0 Å². The summed E-state index contributed by atoms with van der Waals surface area (Å²) in [6, 6.07) is 9.09. The highest BCUT2D eigenvalue weighted by Crippen LogP contribution is 2.55. The molecule has 1 aromatic rings. The second-order valence-electron chi connectivity index (χ2n) is 8.42. The first kappa shape index (κ1) is 15.2. The van der Waals surface area contributed by atoms with E-state index >= 15 is 0 Å². The van der Waals surface area contributed by atoms with Gasteiger partial charge in [-0.15, -0.1) is 0 Å². The highest BCUT2D eigenvalue weighted by atomic mass is 16.2. The van der Waals surface area contributed by atoms with Gasteiger partial charge >= 0.3 is 0 Å². The quantitative estimate of drug-likeness (QED) is 0.815. The summed E-state index contributed by atoms with van der Waals surface area (Å²) in [5, 5.41) is 0. The summed E-state index contributed by atoms with van der Waals surface area (Å²) in [5.41, 5.74) is 2.57. The second-order valence-corrected chi connectivity index (χ2v) is 8.42. The van der Waals surface area contributed by atoms with Gasteiger partial charge in [0.25, 0.3) is 0 Å². The molecule has 124 valence electrons. The van der Waals surface area contributed by atoms with Gasteiger partial charge in [-0.1, -0.05) is 29.8 Å². The summed E-state index contributed by atoms with van der Waals surface area (Å²) >= 11 is 0. The molecule has 0 aromatic heterocycles. The van der Waals surface area contributed by atoms with Gasteiger partial charge in [0.15, 0.2) is 0 Å². The zero-order valence-electron chi connectivity index (χ0n) is 14.5. The summed E-state index contributed by atoms with van der Waals surface area (Å²) in [6.07, 6.45) is 8.53. The van der Waals surface area contributed by atoms with Crippen molar-refractivity contribution in [2.75, 3.05) is 7.05 Å². The molecule has 0 spiro atoms. The fourth-order valence-corrected chi connectivity index (χ4v) is 5.99. The Labute approximate surface area is 140 Å². The van der Waals surface area contributed by atoms with Crippen LogP contribution < -0.4 is 0 Å². The fraction of sp³-hybridized carbons (Fsp3) is 0.667. The van der Waals surface area contributed by atoms with E-state index < -0.39 is 0 Å². The lowest BCUT2D eigenvalue weighted by Crippen LogP contribution is -2.56. The molecule has 0 N–H and O–H groups in total. The highest BCUT2D eigenvalue weighted by Gasteiger charge is 2.50. The third kappa shape index (κ3) is 2.93. The molecule has 4 bridgehead atoms. The first-order chi connectivity index (χ1) is 11.1. The molecule has 1 amide bonds. The molecule has 23 heavy (non-hydrogen) atoms. The number of amides is 1. The zero-order chi connectivity index (χ0) is 16.0. The van der Waals surface area contributed by atoms with E-state index in [0.29, 0.717) is 18.4 Å². The minimum atomic E-state index is 0.351. The number of carbonyl (C=O) groups is 1. The fourth-order valence-electron chi connectivity index (χ4n) is 5.99. The van der Waals surface area contributed by atoms with Crippen LogP contribution in [0.1, 0.15) is 49.7 Å². The monoisotopic (exact) mass is 311 g/mol. The van der Waals surface area contributed by atoms with E-state index in [1.54, 1.807) is 0 Å². The van der Waals surface area contributed by atoms with E-state index in [1.165, 1.54) is 43.2 Å². The van der Waals surface area contributed by atoms with E-state index in [-0.39, 0.29) is 0 Å². The predicted molar refractivity (Wildman–Crippen MR) is 93.1 cm³/mol. The van der Waals surface area contributed by atoms with Crippen molar-refractivity contribution >= 4 is 5.91 Å². The number of rotatable bonds is 4. The van der Waals surface area contributed by atoms with Crippen molar-refractivity contribution in [2.45, 2.75) is 57.9 Å². The van der Waals surface area contributed by atoms with Crippen LogP contribution in [0.2, 0.25) is 0 Å². The molecule has 0 aliphatic heterocycles. The SMILES string of the molecule is Cc1cccc(CCC(=O)N(C)C2C3CC4CC(C3)CC2C4)c1. The molecule has 0 unspecified atom stereocenters. The normalized spacial score (nSPS) is 34.6. The lowest BCUT2D eigenvalue weighted by Gasteiger charge is -2.56. The molecule has 1 aromatic carbocycles. The molecule has 4 aliphatic rings. The summed E-state index contributed by atoms with van der Waals surface area (Å²) < 4.78 is 0. The molecule has 0 radical (unpaired) electrons. The largest absolute Gasteiger partial charge is 0.342 e. The molecule has 0 atom stereocenters. The van der Waals surface area contributed by atoms with Gasteiger partial charge in [0.05, 0.1) is 0 Å². The maximum atomic E-state index is 12.8. The summed E-state index contributed by atoms with van der Waals surface area (Å²) in [5.74, 6) is 3.89. The minimum Gasteiger partial charge on any atom is -0.342 e. The third-order valence-electron chi connectivity index (χ3n) is 6.73. The molecule has 2 heteroatoms. The van der Waals surface area contributed by atoms with Crippen molar-refractivity contribution in [1.82, 2.24) is 4.90 Å². The minimum absolute atomic E-state index is 0.351. The van der Waals surface area contributed by atoms with Crippen LogP contribution in [0.15, 0.2) is 24.3 Å². The van der Waals surface area contributed by atoms with Gasteiger partial charge in [0, 0.05) is 19.5 Å².